The van der Waals surface area contributed by atoms with Crippen LogP contribution in [-0.4, -0.2) is 17.1 Å². The number of para-hydroxylation sites is 1. The zero-order chi connectivity index (χ0) is 24.2. The van der Waals surface area contributed by atoms with E-state index in [1.807, 2.05) is 37.3 Å². The number of rotatable bonds is 5. The number of carbonyl (C=O) groups is 2. The molecule has 5 nitrogen and oxygen atoms in total. The Kier molecular flexibility index (Phi) is 7.01. The van der Waals surface area contributed by atoms with Gasteiger partial charge in [-0.2, -0.15) is 5.26 Å². The van der Waals surface area contributed by atoms with E-state index in [0.29, 0.717) is 22.8 Å². The van der Waals surface area contributed by atoms with Gasteiger partial charge in [-0.05, 0) is 66.9 Å². The Morgan fingerprint density at radius 3 is 2.50 bits per heavy atom. The van der Waals surface area contributed by atoms with E-state index in [-0.39, 0.29) is 16.5 Å². The number of anilines is 2. The highest BCUT2D eigenvalue weighted by atomic mass is 35.5. The predicted octanol–water partition coefficient (Wildman–Crippen LogP) is 5.85. The van der Waals surface area contributed by atoms with Crippen LogP contribution < -0.4 is 10.2 Å². The fraction of sp³-hybridized carbons (Fsp3) is 0.115. The summed E-state index contributed by atoms with van der Waals surface area (Å²) in [6, 6.07) is 21.7. The molecule has 3 aromatic rings. The molecule has 4 rings (SSSR count). The Bertz CT molecular complexity index is 1320. The van der Waals surface area contributed by atoms with Gasteiger partial charge < -0.3 is 5.32 Å². The van der Waals surface area contributed by atoms with Crippen molar-refractivity contribution in [3.63, 3.8) is 0 Å². The Balaban J connectivity index is 1.70. The zero-order valence-electron chi connectivity index (χ0n) is 18.1. The monoisotopic (exact) mass is 491 g/mol. The maximum Gasteiger partial charge on any atom is 0.269 e. The standard InChI is InChI=1S/C26H19ClFN3O2S/c1-16-7-8-17(13-22(16)27)14-23-25(33)31(20-5-3-2-4-6-20)26(34-23)21(15-29)24(32)30-19-11-9-18(28)10-12-19/h2-13,23H,14H2,1H3,(H,30,32)/b26-21-/t23-/m0/s1. The molecule has 2 amide bonds. The number of nitriles is 1. The van der Waals surface area contributed by atoms with Gasteiger partial charge in [-0.25, -0.2) is 4.39 Å². The molecule has 1 fully saturated rings. The molecule has 0 aliphatic carbocycles. The van der Waals surface area contributed by atoms with E-state index in [2.05, 4.69) is 5.32 Å². The van der Waals surface area contributed by atoms with Crippen molar-refractivity contribution in [1.29, 1.82) is 5.26 Å². The molecule has 0 radical (unpaired) electrons. The lowest BCUT2D eigenvalue weighted by atomic mass is 10.1. The number of amides is 2. The van der Waals surface area contributed by atoms with Crippen molar-refractivity contribution in [2.45, 2.75) is 18.6 Å². The average Bonchev–Trinajstić information content (AvgIpc) is 3.14. The Hall–Kier alpha value is -3.60. The van der Waals surface area contributed by atoms with E-state index in [0.717, 1.165) is 11.1 Å². The minimum atomic E-state index is -0.677. The van der Waals surface area contributed by atoms with Crippen LogP contribution in [0.4, 0.5) is 15.8 Å². The van der Waals surface area contributed by atoms with Gasteiger partial charge in [0.15, 0.2) is 0 Å². The summed E-state index contributed by atoms with van der Waals surface area (Å²) in [4.78, 5) is 27.9. The van der Waals surface area contributed by atoms with Crippen molar-refractivity contribution in [3.8, 4) is 6.07 Å². The number of benzene rings is 3. The number of thioether (sulfide) groups is 1. The number of aryl methyl sites for hydroxylation is 1. The van der Waals surface area contributed by atoms with Crippen molar-refractivity contribution in [2.24, 2.45) is 0 Å². The molecule has 170 valence electrons. The summed E-state index contributed by atoms with van der Waals surface area (Å²) >= 11 is 7.43. The SMILES string of the molecule is Cc1ccc(C[C@@H]2S/C(=C(/C#N)C(=O)Nc3ccc(F)cc3)N(c3ccccc3)C2=O)cc1Cl. The third kappa shape index (κ3) is 4.98. The van der Waals surface area contributed by atoms with Gasteiger partial charge in [-0.3, -0.25) is 14.5 Å². The minimum absolute atomic E-state index is 0.198. The van der Waals surface area contributed by atoms with Crippen LogP contribution in [0.2, 0.25) is 5.02 Å². The number of hydrogen-bond donors (Lipinski definition) is 1. The number of hydrogen-bond acceptors (Lipinski definition) is 4. The summed E-state index contributed by atoms with van der Waals surface area (Å²) < 4.78 is 13.2. The Morgan fingerprint density at radius 1 is 1.15 bits per heavy atom. The molecule has 8 heteroatoms. The molecule has 34 heavy (non-hydrogen) atoms. The molecule has 1 saturated heterocycles. The first-order valence-electron chi connectivity index (χ1n) is 10.4. The fourth-order valence-electron chi connectivity index (χ4n) is 3.50. The summed E-state index contributed by atoms with van der Waals surface area (Å²) in [7, 11) is 0. The van der Waals surface area contributed by atoms with Crippen molar-refractivity contribution in [3.05, 3.63) is 105 Å². The van der Waals surface area contributed by atoms with E-state index < -0.39 is 17.0 Å². The second kappa shape index (κ2) is 10.1. The lowest BCUT2D eigenvalue weighted by Gasteiger charge is -2.18. The number of carbonyl (C=O) groups excluding carboxylic acids is 2. The van der Waals surface area contributed by atoms with Gasteiger partial charge in [-0.1, -0.05) is 53.7 Å². The van der Waals surface area contributed by atoms with E-state index in [4.69, 9.17) is 11.6 Å². The quantitative estimate of drug-likeness (QED) is 0.359. The van der Waals surface area contributed by atoms with Gasteiger partial charge in [0, 0.05) is 16.4 Å². The Morgan fingerprint density at radius 2 is 1.85 bits per heavy atom. The van der Waals surface area contributed by atoms with Crippen LogP contribution in [0.25, 0.3) is 0 Å². The van der Waals surface area contributed by atoms with Crippen molar-refractivity contribution >= 4 is 46.6 Å². The molecule has 1 aliphatic heterocycles. The lowest BCUT2D eigenvalue weighted by Crippen LogP contribution is -2.30. The van der Waals surface area contributed by atoms with Gasteiger partial charge in [0.2, 0.25) is 5.91 Å². The van der Waals surface area contributed by atoms with Crippen LogP contribution in [-0.2, 0) is 16.0 Å². The minimum Gasteiger partial charge on any atom is -0.321 e. The number of nitrogens with zero attached hydrogens (tertiary/aromatic N) is 2. The van der Waals surface area contributed by atoms with Crippen LogP contribution in [0, 0.1) is 24.1 Å². The molecule has 0 unspecified atom stereocenters. The largest absolute Gasteiger partial charge is 0.321 e. The normalized spacial score (nSPS) is 16.8. The molecule has 1 atom stereocenters. The molecule has 0 bridgehead atoms. The summed E-state index contributed by atoms with van der Waals surface area (Å²) in [5.74, 6) is -1.35. The lowest BCUT2D eigenvalue weighted by molar-refractivity contribution is -0.117. The highest BCUT2D eigenvalue weighted by Crippen LogP contribution is 2.42. The van der Waals surface area contributed by atoms with Crippen LogP contribution in [0.5, 0.6) is 0 Å². The predicted molar refractivity (Wildman–Crippen MR) is 133 cm³/mol. The Labute approximate surface area is 205 Å². The molecule has 3 aromatic carbocycles. The van der Waals surface area contributed by atoms with Crippen LogP contribution >= 0.6 is 23.4 Å². The van der Waals surface area contributed by atoms with Crippen molar-refractivity contribution in [2.75, 3.05) is 10.2 Å². The highest BCUT2D eigenvalue weighted by Gasteiger charge is 2.40. The first kappa shape index (κ1) is 23.6. The second-order valence-corrected chi connectivity index (χ2v) is 9.25. The van der Waals surface area contributed by atoms with Crippen LogP contribution in [0.15, 0.2) is 83.4 Å². The highest BCUT2D eigenvalue weighted by molar-refractivity contribution is 8.05. The smallest absolute Gasteiger partial charge is 0.269 e. The van der Waals surface area contributed by atoms with Crippen molar-refractivity contribution < 1.29 is 14.0 Å². The van der Waals surface area contributed by atoms with Gasteiger partial charge in [0.1, 0.15) is 22.5 Å². The maximum atomic E-state index is 13.5. The van der Waals surface area contributed by atoms with Crippen molar-refractivity contribution in [1.82, 2.24) is 0 Å². The van der Waals surface area contributed by atoms with E-state index >= 15 is 0 Å². The molecular formula is C26H19ClFN3O2S. The molecule has 0 spiro atoms. The van der Waals surface area contributed by atoms with Crippen LogP contribution in [0.1, 0.15) is 11.1 Å². The fourth-order valence-corrected chi connectivity index (χ4v) is 5.01. The van der Waals surface area contributed by atoms with Gasteiger partial charge in [0.05, 0.1) is 5.25 Å². The van der Waals surface area contributed by atoms with Gasteiger partial charge in [0.25, 0.3) is 5.91 Å². The number of nitrogens with one attached hydrogen (secondary N) is 1. The topological polar surface area (TPSA) is 73.2 Å². The first-order valence-corrected chi connectivity index (χ1v) is 11.6. The van der Waals surface area contributed by atoms with E-state index in [1.54, 1.807) is 24.3 Å². The maximum absolute atomic E-state index is 13.5. The molecule has 0 aromatic heterocycles. The number of halogens is 2. The summed E-state index contributed by atoms with van der Waals surface area (Å²) in [5.41, 5.74) is 2.51. The second-order valence-electron chi connectivity index (χ2n) is 7.66. The van der Waals surface area contributed by atoms with Gasteiger partial charge >= 0.3 is 0 Å². The van der Waals surface area contributed by atoms with E-state index in [9.17, 15) is 19.2 Å². The summed E-state index contributed by atoms with van der Waals surface area (Å²) in [6.45, 7) is 1.90. The third-order valence-corrected chi connectivity index (χ3v) is 6.95. The molecule has 0 saturated carbocycles. The zero-order valence-corrected chi connectivity index (χ0v) is 19.7. The molecule has 1 N–H and O–H groups in total. The summed E-state index contributed by atoms with van der Waals surface area (Å²) in [6.07, 6.45) is 0.384. The molecule has 1 heterocycles. The third-order valence-electron chi connectivity index (χ3n) is 5.28. The van der Waals surface area contributed by atoms with Crippen LogP contribution in [0.3, 0.4) is 0 Å². The first-order chi connectivity index (χ1) is 16.4. The summed E-state index contributed by atoms with van der Waals surface area (Å²) in [5, 5.41) is 12.8. The molecular weight excluding hydrogens is 473 g/mol. The average molecular weight is 492 g/mol. The molecule has 1 aliphatic rings. The van der Waals surface area contributed by atoms with E-state index in [1.165, 1.54) is 40.9 Å². The van der Waals surface area contributed by atoms with Gasteiger partial charge in [-0.15, -0.1) is 0 Å².